The molecule has 0 amide bonds. The third-order valence-corrected chi connectivity index (χ3v) is 7.21. The van der Waals surface area contributed by atoms with Gasteiger partial charge >= 0.3 is 0 Å². The van der Waals surface area contributed by atoms with Crippen molar-refractivity contribution in [3.05, 3.63) is 97.1 Å². The highest BCUT2D eigenvalue weighted by molar-refractivity contribution is 8.76. The van der Waals surface area contributed by atoms with Crippen LogP contribution in [0.5, 0.6) is 11.5 Å². The molecule has 0 aliphatic heterocycles. The van der Waals surface area contributed by atoms with E-state index in [2.05, 4.69) is 72.8 Å². The van der Waals surface area contributed by atoms with Gasteiger partial charge in [0.1, 0.15) is 11.5 Å². The minimum atomic E-state index is 0.875. The van der Waals surface area contributed by atoms with E-state index in [4.69, 9.17) is 9.47 Å². The predicted molar refractivity (Wildman–Crippen MR) is 129 cm³/mol. The summed E-state index contributed by atoms with van der Waals surface area (Å²) >= 11 is 0. The van der Waals surface area contributed by atoms with Crippen LogP contribution in [0.4, 0.5) is 0 Å². The minimum Gasteiger partial charge on any atom is -0.497 e. The van der Waals surface area contributed by atoms with Crippen molar-refractivity contribution < 1.29 is 9.47 Å². The van der Waals surface area contributed by atoms with Gasteiger partial charge in [-0.2, -0.15) is 0 Å². The highest BCUT2D eigenvalue weighted by Crippen LogP contribution is 2.38. The zero-order valence-electron chi connectivity index (χ0n) is 16.9. The molecule has 0 atom stereocenters. The van der Waals surface area contributed by atoms with E-state index < -0.39 is 0 Å². The first-order valence-corrected chi connectivity index (χ1v) is 11.7. The summed E-state index contributed by atoms with van der Waals surface area (Å²) in [5, 5.41) is 0. The van der Waals surface area contributed by atoms with Crippen LogP contribution < -0.4 is 9.47 Å². The highest BCUT2D eigenvalue weighted by Gasteiger charge is 2.03. The van der Waals surface area contributed by atoms with Gasteiger partial charge in [-0.05, 0) is 70.8 Å². The summed E-state index contributed by atoms with van der Waals surface area (Å²) < 4.78 is 10.5. The molecule has 0 unspecified atom stereocenters. The van der Waals surface area contributed by atoms with Crippen molar-refractivity contribution in [3.63, 3.8) is 0 Å². The van der Waals surface area contributed by atoms with E-state index in [-0.39, 0.29) is 0 Å². The fourth-order valence-electron chi connectivity index (χ4n) is 3.07. The molecule has 2 nitrogen and oxygen atoms in total. The van der Waals surface area contributed by atoms with Crippen LogP contribution in [0.2, 0.25) is 0 Å². The molecule has 0 aliphatic rings. The van der Waals surface area contributed by atoms with Crippen LogP contribution in [0.3, 0.4) is 0 Å². The van der Waals surface area contributed by atoms with Crippen molar-refractivity contribution in [2.24, 2.45) is 0 Å². The Bertz CT molecular complexity index is 981. The van der Waals surface area contributed by atoms with E-state index in [0.717, 1.165) is 11.5 Å². The molecule has 4 aromatic rings. The molecule has 0 bridgehead atoms. The maximum Gasteiger partial charge on any atom is 0.118 e. The third-order valence-electron chi connectivity index (χ3n) is 4.79. The second-order valence-electron chi connectivity index (χ2n) is 6.67. The molecule has 4 aromatic carbocycles. The maximum absolute atomic E-state index is 5.23. The lowest BCUT2D eigenvalue weighted by atomic mass is 10.1. The first-order chi connectivity index (χ1) is 14.7. The second-order valence-corrected chi connectivity index (χ2v) is 8.95. The second kappa shape index (κ2) is 9.79. The summed E-state index contributed by atoms with van der Waals surface area (Å²) in [6.45, 7) is 0. The number of methoxy groups -OCH3 is 2. The van der Waals surface area contributed by atoms with Gasteiger partial charge in [-0.25, -0.2) is 0 Å². The molecular formula is C26H22O2S2. The Morgan fingerprint density at radius 3 is 0.933 bits per heavy atom. The smallest absolute Gasteiger partial charge is 0.118 e. The summed E-state index contributed by atoms with van der Waals surface area (Å²) in [4.78, 5) is 2.47. The van der Waals surface area contributed by atoms with Gasteiger partial charge in [-0.3, -0.25) is 0 Å². The standard InChI is InChI=1S/C26H22O2S2/c1-27-23-11-3-19(4-12-23)21-7-15-25(16-8-21)29-30-26-17-9-22(10-18-26)20-5-13-24(28-2)14-6-20/h3-18H,1-2H3. The summed E-state index contributed by atoms with van der Waals surface area (Å²) in [5.41, 5.74) is 4.79. The van der Waals surface area contributed by atoms with Crippen molar-refractivity contribution in [1.82, 2.24) is 0 Å². The first-order valence-electron chi connectivity index (χ1n) is 9.59. The lowest BCUT2D eigenvalue weighted by Gasteiger charge is -2.07. The van der Waals surface area contributed by atoms with Crippen molar-refractivity contribution >= 4 is 21.6 Å². The summed E-state index contributed by atoms with van der Waals surface area (Å²) in [5.74, 6) is 1.75. The Labute approximate surface area is 185 Å². The summed E-state index contributed by atoms with van der Waals surface area (Å²) in [6, 6.07) is 33.6. The van der Waals surface area contributed by atoms with Crippen molar-refractivity contribution in [3.8, 4) is 33.8 Å². The fraction of sp³-hybridized carbons (Fsp3) is 0.0769. The van der Waals surface area contributed by atoms with Crippen LogP contribution in [0, 0.1) is 0 Å². The summed E-state index contributed by atoms with van der Waals surface area (Å²) in [7, 11) is 6.91. The number of hydrogen-bond donors (Lipinski definition) is 0. The van der Waals surface area contributed by atoms with Crippen LogP contribution in [0.25, 0.3) is 22.3 Å². The first kappa shape index (κ1) is 20.5. The molecular weight excluding hydrogens is 408 g/mol. The number of rotatable bonds is 7. The van der Waals surface area contributed by atoms with E-state index in [1.807, 2.05) is 24.3 Å². The molecule has 0 heterocycles. The molecule has 4 rings (SSSR count). The number of ether oxygens (including phenoxy) is 2. The monoisotopic (exact) mass is 430 g/mol. The minimum absolute atomic E-state index is 0.875. The Kier molecular flexibility index (Phi) is 6.67. The number of benzene rings is 4. The highest BCUT2D eigenvalue weighted by atomic mass is 33.1. The Balaban J connectivity index is 1.37. The molecule has 0 saturated heterocycles. The SMILES string of the molecule is COc1ccc(-c2ccc(SSc3ccc(-c4ccc(OC)cc4)cc3)cc2)cc1. The van der Waals surface area contributed by atoms with E-state index in [1.165, 1.54) is 32.0 Å². The van der Waals surface area contributed by atoms with Gasteiger partial charge in [-0.15, -0.1) is 0 Å². The molecule has 0 radical (unpaired) electrons. The average molecular weight is 431 g/mol. The van der Waals surface area contributed by atoms with Crippen LogP contribution >= 0.6 is 21.6 Å². The zero-order valence-corrected chi connectivity index (χ0v) is 18.5. The van der Waals surface area contributed by atoms with Gasteiger partial charge in [0.25, 0.3) is 0 Å². The molecule has 30 heavy (non-hydrogen) atoms. The van der Waals surface area contributed by atoms with Gasteiger partial charge in [-0.1, -0.05) is 70.1 Å². The van der Waals surface area contributed by atoms with Gasteiger partial charge in [0.15, 0.2) is 0 Å². The molecule has 0 aliphatic carbocycles. The van der Waals surface area contributed by atoms with Crippen LogP contribution in [-0.4, -0.2) is 14.2 Å². The molecule has 0 fully saturated rings. The Morgan fingerprint density at radius 1 is 0.400 bits per heavy atom. The number of hydrogen-bond acceptors (Lipinski definition) is 4. The van der Waals surface area contributed by atoms with E-state index in [9.17, 15) is 0 Å². The molecule has 0 saturated carbocycles. The van der Waals surface area contributed by atoms with Gasteiger partial charge < -0.3 is 9.47 Å². The normalized spacial score (nSPS) is 10.6. The third kappa shape index (κ3) is 5.02. The largest absolute Gasteiger partial charge is 0.497 e. The van der Waals surface area contributed by atoms with E-state index in [1.54, 1.807) is 35.8 Å². The zero-order chi connectivity index (χ0) is 20.8. The van der Waals surface area contributed by atoms with Gasteiger partial charge in [0.2, 0.25) is 0 Å². The van der Waals surface area contributed by atoms with Crippen molar-refractivity contribution in [2.45, 2.75) is 9.79 Å². The van der Waals surface area contributed by atoms with Crippen molar-refractivity contribution in [1.29, 1.82) is 0 Å². The van der Waals surface area contributed by atoms with E-state index >= 15 is 0 Å². The average Bonchev–Trinajstić information content (AvgIpc) is 2.83. The molecule has 0 aromatic heterocycles. The lowest BCUT2D eigenvalue weighted by molar-refractivity contribution is 0.415. The predicted octanol–water partition coefficient (Wildman–Crippen LogP) is 7.84. The summed E-state index contributed by atoms with van der Waals surface area (Å²) in [6.07, 6.45) is 0. The quantitative estimate of drug-likeness (QED) is 0.278. The molecule has 4 heteroatoms. The fourth-order valence-corrected chi connectivity index (χ4v) is 5.00. The topological polar surface area (TPSA) is 18.5 Å². The Hall–Kier alpha value is -2.82. The van der Waals surface area contributed by atoms with E-state index in [0.29, 0.717) is 0 Å². The molecule has 0 N–H and O–H groups in total. The van der Waals surface area contributed by atoms with Crippen LogP contribution in [0.1, 0.15) is 0 Å². The van der Waals surface area contributed by atoms with Gasteiger partial charge in [0, 0.05) is 9.79 Å². The maximum atomic E-state index is 5.23. The van der Waals surface area contributed by atoms with Crippen LogP contribution in [-0.2, 0) is 0 Å². The van der Waals surface area contributed by atoms with Gasteiger partial charge in [0.05, 0.1) is 14.2 Å². The Morgan fingerprint density at radius 2 is 0.667 bits per heavy atom. The molecule has 150 valence electrons. The van der Waals surface area contributed by atoms with Crippen molar-refractivity contribution in [2.75, 3.05) is 14.2 Å². The lowest BCUT2D eigenvalue weighted by Crippen LogP contribution is -1.83. The van der Waals surface area contributed by atoms with Crippen LogP contribution in [0.15, 0.2) is 107 Å². The molecule has 0 spiro atoms.